The maximum Gasteiger partial charge on any atom is 0.460 e. The Hall–Kier alpha value is -1.63. The molecule has 0 rings (SSSR count). The van der Waals surface area contributed by atoms with E-state index >= 15 is 0 Å². The van der Waals surface area contributed by atoms with Crippen molar-refractivity contribution in [1.29, 1.82) is 0 Å². The maximum absolute atomic E-state index is 13.0. The molecule has 0 aliphatic heterocycles. The van der Waals surface area contributed by atoms with E-state index in [-0.39, 0.29) is 0 Å². The van der Waals surface area contributed by atoms with Gasteiger partial charge in [-0.05, 0) is 0 Å². The van der Waals surface area contributed by atoms with Gasteiger partial charge in [0.2, 0.25) is 0 Å². The number of hydrogen-bond acceptors (Lipinski definition) is 2. The van der Waals surface area contributed by atoms with E-state index in [1.54, 1.807) is 0 Å². The topological polar surface area (TPSA) is 26.3 Å². The highest BCUT2D eigenvalue weighted by Gasteiger charge is 2.92. The van der Waals surface area contributed by atoms with Crippen molar-refractivity contribution in [3.63, 3.8) is 0 Å². The van der Waals surface area contributed by atoms with Crippen molar-refractivity contribution in [3.8, 4) is 0 Å². The van der Waals surface area contributed by atoms with Crippen molar-refractivity contribution in [2.75, 3.05) is 0 Å². The van der Waals surface area contributed by atoms with Gasteiger partial charge in [-0.15, -0.1) is 0 Å². The van der Waals surface area contributed by atoms with Crippen LogP contribution in [-0.4, -0.2) is 54.0 Å². The van der Waals surface area contributed by atoms with Crippen LogP contribution in [0.1, 0.15) is 0 Å². The van der Waals surface area contributed by atoms with E-state index in [1.165, 1.54) is 4.74 Å². The van der Waals surface area contributed by atoms with E-state index in [2.05, 4.69) is 0 Å². The van der Waals surface area contributed by atoms with Gasteiger partial charge >= 0.3 is 54.0 Å². The second kappa shape index (κ2) is 6.69. The zero-order valence-electron chi connectivity index (χ0n) is 12.1. The lowest BCUT2D eigenvalue weighted by molar-refractivity contribution is -0.492. The molecule has 0 aliphatic rings. The maximum atomic E-state index is 13.0. The number of carbonyl (C=O) groups is 1. The summed E-state index contributed by atoms with van der Waals surface area (Å²) in [5.41, 5.74) is 0. The third-order valence-corrected chi connectivity index (χ3v) is 2.79. The lowest BCUT2D eigenvalue weighted by Gasteiger charge is -2.40. The fraction of sp³-hybridized carbons (Fsp3) is 0.889. The second-order valence-electron chi connectivity index (χ2n) is 4.78. The van der Waals surface area contributed by atoms with Crippen LogP contribution in [0.4, 0.5) is 79.0 Å². The van der Waals surface area contributed by atoms with Crippen LogP contribution < -0.4 is 0 Å². The molecule has 0 fully saturated rings. The van der Waals surface area contributed by atoms with Gasteiger partial charge in [-0.25, -0.2) is 0 Å². The van der Waals surface area contributed by atoms with Gasteiger partial charge < -0.3 is 0 Å². The summed E-state index contributed by atoms with van der Waals surface area (Å²) in [6.45, 7) is 0. The van der Waals surface area contributed by atoms with E-state index in [4.69, 9.17) is 0 Å². The standard InChI is InChI=1S/C9F18O2/c10-1(28)2(11,7(20,21)22)29-9(26,27)6(18,19)4(14,15)3(12,13)5(16,17)8(23,24)25. The number of rotatable bonds is 7. The minimum Gasteiger partial charge on any atom is -0.261 e. The molecular weight excluding hydrogens is 482 g/mol. The van der Waals surface area contributed by atoms with Crippen LogP contribution in [0.15, 0.2) is 0 Å². The van der Waals surface area contributed by atoms with Crippen LogP contribution in [0.2, 0.25) is 0 Å². The molecular formula is C9F18O2. The first-order valence-electron chi connectivity index (χ1n) is 5.76. The summed E-state index contributed by atoms with van der Waals surface area (Å²) in [5.74, 6) is -41.1. The predicted octanol–water partition coefficient (Wildman–Crippen LogP) is 5.42. The molecule has 0 amide bonds. The van der Waals surface area contributed by atoms with Crippen molar-refractivity contribution < 1.29 is 88.6 Å². The predicted molar refractivity (Wildman–Crippen MR) is 47.9 cm³/mol. The third-order valence-electron chi connectivity index (χ3n) is 2.79. The molecule has 0 aromatic carbocycles. The van der Waals surface area contributed by atoms with Gasteiger partial charge in [-0.2, -0.15) is 79.0 Å². The first-order chi connectivity index (χ1) is 12.2. The molecule has 0 saturated heterocycles. The molecule has 29 heavy (non-hydrogen) atoms. The van der Waals surface area contributed by atoms with Crippen molar-refractivity contribution >= 4 is 6.04 Å². The molecule has 0 radical (unpaired) electrons. The smallest absolute Gasteiger partial charge is 0.261 e. The minimum absolute atomic E-state index is 1.26. The Balaban J connectivity index is 6.55. The van der Waals surface area contributed by atoms with Crippen LogP contribution in [0.25, 0.3) is 0 Å². The lowest BCUT2D eigenvalue weighted by atomic mass is 9.97. The first kappa shape index (κ1) is 27.4. The summed E-state index contributed by atoms with van der Waals surface area (Å²) < 4.78 is 226. The Morgan fingerprint density at radius 3 is 1.03 bits per heavy atom. The van der Waals surface area contributed by atoms with E-state index in [0.717, 1.165) is 0 Å². The van der Waals surface area contributed by atoms with Crippen molar-refractivity contribution in [2.45, 2.75) is 48.0 Å². The average molecular weight is 482 g/mol. The Morgan fingerprint density at radius 1 is 0.483 bits per heavy atom. The number of hydrogen-bond donors (Lipinski definition) is 0. The number of alkyl halides is 17. The highest BCUT2D eigenvalue weighted by atomic mass is 19.4. The van der Waals surface area contributed by atoms with Gasteiger partial charge in [0.1, 0.15) is 0 Å². The van der Waals surface area contributed by atoms with Gasteiger partial charge in [0.25, 0.3) is 0 Å². The summed E-state index contributed by atoms with van der Waals surface area (Å²) in [7, 11) is 0. The number of ether oxygens (including phenoxy) is 1. The molecule has 1 atom stereocenters. The Morgan fingerprint density at radius 2 is 0.793 bits per heavy atom. The Labute approximate surface area is 144 Å². The quantitative estimate of drug-likeness (QED) is 0.358. The molecule has 0 saturated carbocycles. The van der Waals surface area contributed by atoms with E-state index in [1.807, 2.05) is 0 Å². The molecule has 20 heteroatoms. The van der Waals surface area contributed by atoms with E-state index in [9.17, 15) is 83.8 Å². The van der Waals surface area contributed by atoms with Crippen LogP contribution in [0.3, 0.4) is 0 Å². The van der Waals surface area contributed by atoms with Crippen LogP contribution in [0, 0.1) is 0 Å². The van der Waals surface area contributed by atoms with Crippen LogP contribution in [0.5, 0.6) is 0 Å². The zero-order chi connectivity index (χ0) is 24.3. The van der Waals surface area contributed by atoms with Gasteiger partial charge in [0.05, 0.1) is 0 Å². The normalized spacial score (nSPS) is 17.9. The molecule has 0 aromatic heterocycles. The summed E-state index contributed by atoms with van der Waals surface area (Å²) >= 11 is 0. The highest BCUT2D eigenvalue weighted by molar-refractivity contribution is 5.77. The molecule has 0 spiro atoms. The van der Waals surface area contributed by atoms with Gasteiger partial charge in [0.15, 0.2) is 0 Å². The molecule has 0 aromatic rings. The summed E-state index contributed by atoms with van der Waals surface area (Å²) in [4.78, 5) is 9.79. The Kier molecular flexibility index (Phi) is 6.31. The molecule has 0 N–H and O–H groups in total. The van der Waals surface area contributed by atoms with Crippen molar-refractivity contribution in [1.82, 2.24) is 0 Å². The highest BCUT2D eigenvalue weighted by Crippen LogP contribution is 2.61. The molecule has 174 valence electrons. The second-order valence-corrected chi connectivity index (χ2v) is 4.78. The first-order valence-corrected chi connectivity index (χ1v) is 5.76. The van der Waals surface area contributed by atoms with Crippen LogP contribution in [-0.2, 0) is 9.53 Å². The SMILES string of the molecule is O=C(F)C(F)(OC(F)(F)C(F)(F)C(F)(F)C(F)(F)C(F)(F)C(F)(F)F)C(F)(F)F. The average Bonchev–Trinajstić information content (AvgIpc) is 2.43. The molecule has 0 bridgehead atoms. The van der Waals surface area contributed by atoms with E-state index in [0.29, 0.717) is 0 Å². The van der Waals surface area contributed by atoms with Crippen LogP contribution >= 0.6 is 0 Å². The lowest BCUT2D eigenvalue weighted by Crippen LogP contribution is -2.71. The fourth-order valence-corrected chi connectivity index (χ4v) is 1.21. The largest absolute Gasteiger partial charge is 0.460 e. The minimum atomic E-state index is -8.63. The fourth-order valence-electron chi connectivity index (χ4n) is 1.21. The Bertz CT molecular complexity index is 628. The third kappa shape index (κ3) is 3.78. The monoisotopic (exact) mass is 482 g/mol. The summed E-state index contributed by atoms with van der Waals surface area (Å²) in [6.07, 6.45) is -23.3. The van der Waals surface area contributed by atoms with Gasteiger partial charge in [-0.3, -0.25) is 9.53 Å². The molecule has 1 unspecified atom stereocenters. The van der Waals surface area contributed by atoms with Gasteiger partial charge in [0, 0.05) is 0 Å². The van der Waals surface area contributed by atoms with Gasteiger partial charge in [-0.1, -0.05) is 0 Å². The zero-order valence-corrected chi connectivity index (χ0v) is 12.1. The van der Waals surface area contributed by atoms with Crippen molar-refractivity contribution in [2.24, 2.45) is 0 Å². The van der Waals surface area contributed by atoms with E-state index < -0.39 is 54.0 Å². The molecule has 0 heterocycles. The summed E-state index contributed by atoms with van der Waals surface area (Å²) in [5, 5.41) is 0. The van der Waals surface area contributed by atoms with Crippen molar-refractivity contribution in [3.05, 3.63) is 0 Å². The molecule has 0 aliphatic carbocycles. The number of carbonyl (C=O) groups excluding carboxylic acids is 1. The summed E-state index contributed by atoms with van der Waals surface area (Å²) in [6, 6.07) is -4.78. The number of halogens is 18. The molecule has 2 nitrogen and oxygen atoms in total.